The van der Waals surface area contributed by atoms with Crippen molar-refractivity contribution in [1.29, 1.82) is 0 Å². The number of aromatic nitrogens is 1. The number of rotatable bonds is 6. The first-order valence-electron chi connectivity index (χ1n) is 6.60. The van der Waals surface area contributed by atoms with Gasteiger partial charge in [-0.1, -0.05) is 26.1 Å². The number of hydrogen-bond acceptors (Lipinski definition) is 4. The molecule has 0 radical (unpaired) electrons. The average Bonchev–Trinajstić information content (AvgIpc) is 2.32. The smallest absolute Gasteiger partial charge is 0.239 e. The molecule has 1 amide bonds. The number of aryl methyl sites for hydroxylation is 2. The molecule has 4 N–H and O–H groups in total. The van der Waals surface area contributed by atoms with Crippen LogP contribution < -0.4 is 16.4 Å². The summed E-state index contributed by atoms with van der Waals surface area (Å²) >= 11 is 5.04. The number of carbonyl (C=O) groups excluding carboxylic acids is 1. The van der Waals surface area contributed by atoms with Gasteiger partial charge >= 0.3 is 0 Å². The van der Waals surface area contributed by atoms with Crippen LogP contribution in [0, 0.1) is 19.8 Å². The molecule has 6 heteroatoms. The van der Waals surface area contributed by atoms with E-state index in [9.17, 15) is 4.79 Å². The molecule has 0 aromatic carbocycles. The fraction of sp³-hybridized carbons (Fsp3) is 0.500. The Kier molecular flexibility index (Phi) is 5.88. The van der Waals surface area contributed by atoms with Crippen LogP contribution in [-0.2, 0) is 4.79 Å². The van der Waals surface area contributed by atoms with Gasteiger partial charge in [0.15, 0.2) is 0 Å². The van der Waals surface area contributed by atoms with Crippen LogP contribution >= 0.6 is 12.2 Å². The number of nitrogens with two attached hydrogens (primary N) is 1. The Bertz CT molecular complexity index is 514. The molecule has 1 heterocycles. The van der Waals surface area contributed by atoms with Crippen molar-refractivity contribution in [3.05, 3.63) is 22.9 Å². The summed E-state index contributed by atoms with van der Waals surface area (Å²) in [5.74, 6) is 0.911. The van der Waals surface area contributed by atoms with E-state index in [1.54, 1.807) is 0 Å². The van der Waals surface area contributed by atoms with Crippen LogP contribution in [0.2, 0.25) is 0 Å². The van der Waals surface area contributed by atoms with E-state index in [1.807, 2.05) is 33.8 Å². The molecule has 20 heavy (non-hydrogen) atoms. The Labute approximate surface area is 125 Å². The summed E-state index contributed by atoms with van der Waals surface area (Å²) < 4.78 is 0. The number of nitrogens with one attached hydrogen (secondary N) is 2. The van der Waals surface area contributed by atoms with Gasteiger partial charge in [0.25, 0.3) is 0 Å². The van der Waals surface area contributed by atoms with Crippen molar-refractivity contribution >= 4 is 28.9 Å². The van der Waals surface area contributed by atoms with Crippen molar-refractivity contribution in [3.63, 3.8) is 0 Å². The largest absolute Gasteiger partial charge is 0.389 e. The van der Waals surface area contributed by atoms with Gasteiger partial charge in [0.2, 0.25) is 5.91 Å². The lowest BCUT2D eigenvalue weighted by molar-refractivity contribution is -0.119. The zero-order valence-electron chi connectivity index (χ0n) is 12.4. The van der Waals surface area contributed by atoms with Crippen LogP contribution in [0.4, 0.5) is 5.82 Å². The average molecular weight is 294 g/mol. The minimum absolute atomic E-state index is 0.0754. The van der Waals surface area contributed by atoms with Crippen LogP contribution in [0.3, 0.4) is 0 Å². The van der Waals surface area contributed by atoms with Crippen molar-refractivity contribution in [1.82, 2.24) is 10.3 Å². The maximum absolute atomic E-state index is 11.7. The highest BCUT2D eigenvalue weighted by molar-refractivity contribution is 7.80. The number of nitrogens with zero attached hydrogens (tertiary/aromatic N) is 1. The van der Waals surface area contributed by atoms with E-state index in [-0.39, 0.29) is 17.4 Å². The summed E-state index contributed by atoms with van der Waals surface area (Å²) in [6, 6.07) is 1.92. The van der Waals surface area contributed by atoms with Gasteiger partial charge in [-0.15, -0.1) is 0 Å². The minimum Gasteiger partial charge on any atom is -0.389 e. The predicted molar refractivity (Wildman–Crippen MR) is 85.9 cm³/mol. The van der Waals surface area contributed by atoms with Crippen molar-refractivity contribution in [3.8, 4) is 0 Å². The molecule has 1 rings (SSSR count). The van der Waals surface area contributed by atoms with Gasteiger partial charge in [-0.05, 0) is 31.4 Å². The van der Waals surface area contributed by atoms with Crippen LogP contribution in [0.15, 0.2) is 6.07 Å². The Morgan fingerprint density at radius 2 is 2.10 bits per heavy atom. The second kappa shape index (κ2) is 7.19. The summed E-state index contributed by atoms with van der Waals surface area (Å²) in [6.07, 6.45) is 0. The molecule has 0 unspecified atom stereocenters. The number of anilines is 1. The highest BCUT2D eigenvalue weighted by atomic mass is 32.1. The van der Waals surface area contributed by atoms with E-state index in [0.29, 0.717) is 23.8 Å². The van der Waals surface area contributed by atoms with Crippen LogP contribution in [0.1, 0.15) is 30.7 Å². The van der Waals surface area contributed by atoms with Gasteiger partial charge in [-0.3, -0.25) is 4.79 Å². The molecular weight excluding hydrogens is 272 g/mol. The SMILES string of the molecule is Cc1cc(C)c(C(N)=S)c(NCC(=O)NCC(C)C)n1. The van der Waals surface area contributed by atoms with Gasteiger partial charge in [0.1, 0.15) is 10.8 Å². The van der Waals surface area contributed by atoms with Crippen molar-refractivity contribution in [2.24, 2.45) is 11.7 Å². The first kappa shape index (κ1) is 16.4. The second-order valence-electron chi connectivity index (χ2n) is 5.22. The van der Waals surface area contributed by atoms with Gasteiger partial charge < -0.3 is 16.4 Å². The number of thiocarbonyl (C=S) groups is 1. The van der Waals surface area contributed by atoms with E-state index in [2.05, 4.69) is 15.6 Å². The maximum atomic E-state index is 11.7. The molecule has 0 saturated carbocycles. The second-order valence-corrected chi connectivity index (χ2v) is 5.66. The molecule has 0 aliphatic rings. The lowest BCUT2D eigenvalue weighted by Crippen LogP contribution is -2.33. The molecule has 0 aliphatic carbocycles. The lowest BCUT2D eigenvalue weighted by atomic mass is 10.1. The summed E-state index contributed by atoms with van der Waals surface area (Å²) in [6.45, 7) is 8.71. The van der Waals surface area contributed by atoms with Crippen LogP contribution in [-0.4, -0.2) is 29.0 Å². The number of pyridine rings is 1. The molecule has 1 aromatic heterocycles. The first-order chi connectivity index (χ1) is 9.31. The highest BCUT2D eigenvalue weighted by Gasteiger charge is 2.12. The molecule has 0 atom stereocenters. The molecule has 0 aliphatic heterocycles. The molecule has 0 fully saturated rings. The zero-order valence-corrected chi connectivity index (χ0v) is 13.2. The maximum Gasteiger partial charge on any atom is 0.239 e. The standard InChI is InChI=1S/C14H22N4OS/c1-8(2)6-16-11(19)7-17-14-12(13(15)20)9(3)5-10(4)18-14/h5,8H,6-7H2,1-4H3,(H2,15,20)(H,16,19)(H,17,18). The number of amides is 1. The topological polar surface area (TPSA) is 80.0 Å². The van der Waals surface area contributed by atoms with E-state index >= 15 is 0 Å². The fourth-order valence-corrected chi connectivity index (χ4v) is 2.08. The highest BCUT2D eigenvalue weighted by Crippen LogP contribution is 2.18. The van der Waals surface area contributed by atoms with Gasteiger partial charge in [-0.2, -0.15) is 0 Å². The Balaban J connectivity index is 2.77. The summed E-state index contributed by atoms with van der Waals surface area (Å²) in [5.41, 5.74) is 8.23. The van der Waals surface area contributed by atoms with Gasteiger partial charge in [0, 0.05) is 12.2 Å². The predicted octanol–water partition coefficient (Wildman–Crippen LogP) is 1.52. The van der Waals surface area contributed by atoms with Crippen molar-refractivity contribution in [2.45, 2.75) is 27.7 Å². The van der Waals surface area contributed by atoms with Crippen molar-refractivity contribution in [2.75, 3.05) is 18.4 Å². The number of carbonyl (C=O) groups is 1. The third-order valence-corrected chi connectivity index (χ3v) is 2.92. The third kappa shape index (κ3) is 4.77. The fourth-order valence-electron chi connectivity index (χ4n) is 1.82. The summed E-state index contributed by atoms with van der Waals surface area (Å²) in [4.78, 5) is 16.3. The first-order valence-corrected chi connectivity index (χ1v) is 7.00. The Morgan fingerprint density at radius 3 is 2.65 bits per heavy atom. The molecule has 5 nitrogen and oxygen atoms in total. The zero-order chi connectivity index (χ0) is 15.3. The van der Waals surface area contributed by atoms with Crippen LogP contribution in [0.25, 0.3) is 0 Å². The minimum atomic E-state index is -0.0754. The van der Waals surface area contributed by atoms with Crippen molar-refractivity contribution < 1.29 is 4.79 Å². The third-order valence-electron chi connectivity index (χ3n) is 2.71. The van der Waals surface area contributed by atoms with E-state index < -0.39 is 0 Å². The monoisotopic (exact) mass is 294 g/mol. The lowest BCUT2D eigenvalue weighted by Gasteiger charge is -2.14. The molecular formula is C14H22N4OS. The Morgan fingerprint density at radius 1 is 1.45 bits per heavy atom. The Hall–Kier alpha value is -1.69. The van der Waals surface area contributed by atoms with E-state index in [0.717, 1.165) is 11.3 Å². The molecule has 0 spiro atoms. The van der Waals surface area contributed by atoms with E-state index in [4.69, 9.17) is 18.0 Å². The van der Waals surface area contributed by atoms with E-state index in [1.165, 1.54) is 0 Å². The summed E-state index contributed by atoms with van der Waals surface area (Å²) in [5, 5.41) is 5.85. The quantitative estimate of drug-likeness (QED) is 0.693. The normalized spacial score (nSPS) is 10.4. The molecule has 1 aromatic rings. The van der Waals surface area contributed by atoms with Gasteiger partial charge in [0.05, 0.1) is 12.1 Å². The molecule has 0 bridgehead atoms. The van der Waals surface area contributed by atoms with Gasteiger partial charge in [-0.25, -0.2) is 4.98 Å². The summed E-state index contributed by atoms with van der Waals surface area (Å²) in [7, 11) is 0. The molecule has 0 saturated heterocycles. The van der Waals surface area contributed by atoms with Crippen LogP contribution in [0.5, 0.6) is 0 Å². The number of hydrogen-bond donors (Lipinski definition) is 3. The molecule has 110 valence electrons.